The highest BCUT2D eigenvalue weighted by Crippen LogP contribution is 2.27. The van der Waals surface area contributed by atoms with Crippen molar-refractivity contribution in [1.29, 1.82) is 0 Å². The van der Waals surface area contributed by atoms with Gasteiger partial charge in [-0.2, -0.15) is 0 Å². The monoisotopic (exact) mass is 242 g/mol. The van der Waals surface area contributed by atoms with Gasteiger partial charge in [0.2, 0.25) is 0 Å². The molecule has 0 unspecified atom stereocenters. The van der Waals surface area contributed by atoms with Crippen molar-refractivity contribution in [2.24, 2.45) is 5.73 Å². The third-order valence-corrected chi connectivity index (χ3v) is 2.06. The van der Waals surface area contributed by atoms with Gasteiger partial charge in [-0.25, -0.2) is 9.18 Å². The minimum Gasteiger partial charge on any atom is -0.495 e. The molecule has 0 bridgehead atoms. The van der Waals surface area contributed by atoms with Gasteiger partial charge in [0.05, 0.1) is 18.5 Å². The number of nitrogens with two attached hydrogens (primary N) is 2. The minimum absolute atomic E-state index is 0.228. The Balaban J connectivity index is 2.61. The van der Waals surface area contributed by atoms with Crippen molar-refractivity contribution in [3.63, 3.8) is 0 Å². The molecule has 0 heterocycles. The third kappa shape index (κ3) is 3.71. The number of urea groups is 1. The Kier molecular flexibility index (Phi) is 4.38. The SMILES string of the molecule is COc1cc(NCCNC(N)=O)c(F)cc1N. The van der Waals surface area contributed by atoms with Crippen LogP contribution in [0.5, 0.6) is 5.75 Å². The number of nitrogens with one attached hydrogen (secondary N) is 2. The molecule has 0 saturated heterocycles. The molecule has 0 spiro atoms. The predicted molar refractivity (Wildman–Crippen MR) is 63.4 cm³/mol. The summed E-state index contributed by atoms with van der Waals surface area (Å²) in [5.41, 5.74) is 10.9. The van der Waals surface area contributed by atoms with Crippen LogP contribution in [0.25, 0.3) is 0 Å². The van der Waals surface area contributed by atoms with Gasteiger partial charge < -0.3 is 26.8 Å². The molecule has 0 fully saturated rings. The Bertz CT molecular complexity index is 412. The van der Waals surface area contributed by atoms with E-state index in [9.17, 15) is 9.18 Å². The molecule has 0 aliphatic carbocycles. The fourth-order valence-corrected chi connectivity index (χ4v) is 1.26. The maximum atomic E-state index is 13.4. The van der Waals surface area contributed by atoms with Gasteiger partial charge in [0.25, 0.3) is 0 Å². The minimum atomic E-state index is -0.623. The maximum Gasteiger partial charge on any atom is 0.312 e. The van der Waals surface area contributed by atoms with Crippen LogP contribution < -0.4 is 26.8 Å². The predicted octanol–water partition coefficient (Wildman–Crippen LogP) is 0.497. The topological polar surface area (TPSA) is 102 Å². The molecule has 0 atom stereocenters. The van der Waals surface area contributed by atoms with Crippen molar-refractivity contribution in [2.45, 2.75) is 0 Å². The lowest BCUT2D eigenvalue weighted by molar-refractivity contribution is 0.249. The summed E-state index contributed by atoms with van der Waals surface area (Å²) in [5, 5.41) is 5.16. The molecule has 0 aliphatic rings. The number of rotatable bonds is 5. The van der Waals surface area contributed by atoms with E-state index in [-0.39, 0.29) is 11.4 Å². The molecule has 17 heavy (non-hydrogen) atoms. The highest BCUT2D eigenvalue weighted by molar-refractivity contribution is 5.71. The molecular formula is C10H15FN4O2. The van der Waals surface area contributed by atoms with Gasteiger partial charge in [-0.1, -0.05) is 0 Å². The van der Waals surface area contributed by atoms with Gasteiger partial charge >= 0.3 is 6.03 Å². The number of methoxy groups -OCH3 is 1. The summed E-state index contributed by atoms with van der Waals surface area (Å²) in [5.74, 6) is -0.0980. The summed E-state index contributed by atoms with van der Waals surface area (Å²) in [6.07, 6.45) is 0. The van der Waals surface area contributed by atoms with Crippen LogP contribution in [-0.4, -0.2) is 26.2 Å². The van der Waals surface area contributed by atoms with E-state index in [2.05, 4.69) is 10.6 Å². The fourth-order valence-electron chi connectivity index (χ4n) is 1.26. The summed E-state index contributed by atoms with van der Waals surface area (Å²) >= 11 is 0. The van der Waals surface area contributed by atoms with Crippen molar-refractivity contribution in [3.8, 4) is 5.75 Å². The van der Waals surface area contributed by atoms with Gasteiger partial charge in [-0.3, -0.25) is 0 Å². The zero-order valence-corrected chi connectivity index (χ0v) is 9.42. The van der Waals surface area contributed by atoms with Crippen LogP contribution in [0.2, 0.25) is 0 Å². The highest BCUT2D eigenvalue weighted by Gasteiger charge is 2.07. The van der Waals surface area contributed by atoms with Crippen molar-refractivity contribution in [1.82, 2.24) is 5.32 Å². The number of nitrogen functional groups attached to an aromatic ring is 1. The number of anilines is 2. The van der Waals surface area contributed by atoms with Crippen LogP contribution in [0, 0.1) is 5.82 Å². The molecule has 0 radical (unpaired) electrons. The smallest absolute Gasteiger partial charge is 0.312 e. The van der Waals surface area contributed by atoms with Gasteiger partial charge in [-0.15, -0.1) is 0 Å². The Morgan fingerprint density at radius 3 is 2.76 bits per heavy atom. The Morgan fingerprint density at radius 2 is 2.18 bits per heavy atom. The van der Waals surface area contributed by atoms with Crippen LogP contribution in [0.4, 0.5) is 20.6 Å². The summed E-state index contributed by atoms with van der Waals surface area (Å²) in [4.78, 5) is 10.4. The first-order valence-corrected chi connectivity index (χ1v) is 4.94. The second-order valence-electron chi connectivity index (χ2n) is 3.29. The van der Waals surface area contributed by atoms with E-state index in [1.54, 1.807) is 0 Å². The number of hydrogen-bond acceptors (Lipinski definition) is 4. The Morgan fingerprint density at radius 1 is 1.47 bits per heavy atom. The standard InChI is InChI=1S/C10H15FN4O2/c1-17-9-5-8(6(11)4-7(9)12)14-2-3-15-10(13)16/h4-5,14H,2-3,12H2,1H3,(H3,13,15,16). The van der Waals surface area contributed by atoms with E-state index in [0.717, 1.165) is 0 Å². The lowest BCUT2D eigenvalue weighted by Gasteiger charge is -2.11. The van der Waals surface area contributed by atoms with Crippen LogP contribution in [0.3, 0.4) is 0 Å². The van der Waals surface area contributed by atoms with Gasteiger partial charge in [-0.05, 0) is 0 Å². The van der Waals surface area contributed by atoms with E-state index >= 15 is 0 Å². The third-order valence-electron chi connectivity index (χ3n) is 2.06. The number of primary amides is 1. The molecule has 1 rings (SSSR count). The zero-order valence-electron chi connectivity index (χ0n) is 9.42. The summed E-state index contributed by atoms with van der Waals surface area (Å²) < 4.78 is 18.4. The first-order chi connectivity index (χ1) is 8.04. The molecule has 6 N–H and O–H groups in total. The fraction of sp³-hybridized carbons (Fsp3) is 0.300. The largest absolute Gasteiger partial charge is 0.495 e. The maximum absolute atomic E-state index is 13.4. The molecule has 1 aromatic carbocycles. The summed E-state index contributed by atoms with van der Waals surface area (Å²) in [6, 6.07) is 2.00. The van der Waals surface area contributed by atoms with E-state index < -0.39 is 11.8 Å². The second kappa shape index (κ2) is 5.78. The number of amides is 2. The van der Waals surface area contributed by atoms with E-state index in [4.69, 9.17) is 16.2 Å². The normalized spacial score (nSPS) is 9.76. The first kappa shape index (κ1) is 12.9. The Hall–Kier alpha value is -2.18. The molecule has 94 valence electrons. The van der Waals surface area contributed by atoms with Crippen LogP contribution in [0.1, 0.15) is 0 Å². The van der Waals surface area contributed by atoms with E-state index in [1.807, 2.05) is 0 Å². The molecule has 7 heteroatoms. The van der Waals surface area contributed by atoms with Crippen LogP contribution in [-0.2, 0) is 0 Å². The van der Waals surface area contributed by atoms with Gasteiger partial charge in [0, 0.05) is 25.2 Å². The molecule has 6 nitrogen and oxygen atoms in total. The lowest BCUT2D eigenvalue weighted by Crippen LogP contribution is -2.33. The average molecular weight is 242 g/mol. The van der Waals surface area contributed by atoms with Crippen LogP contribution in [0.15, 0.2) is 12.1 Å². The summed E-state index contributed by atoms with van der Waals surface area (Å²) in [6.45, 7) is 0.633. The first-order valence-electron chi connectivity index (χ1n) is 4.94. The quantitative estimate of drug-likeness (QED) is 0.446. The number of halogens is 1. The lowest BCUT2D eigenvalue weighted by atomic mass is 10.2. The molecule has 2 amide bonds. The number of benzene rings is 1. The second-order valence-corrected chi connectivity index (χ2v) is 3.29. The van der Waals surface area contributed by atoms with E-state index in [0.29, 0.717) is 18.8 Å². The van der Waals surface area contributed by atoms with Crippen LogP contribution >= 0.6 is 0 Å². The number of carbonyl (C=O) groups is 1. The average Bonchev–Trinajstić information content (AvgIpc) is 2.26. The van der Waals surface area contributed by atoms with Crippen molar-refractivity contribution < 1.29 is 13.9 Å². The van der Waals surface area contributed by atoms with Crippen molar-refractivity contribution >= 4 is 17.4 Å². The van der Waals surface area contributed by atoms with Crippen molar-refractivity contribution in [2.75, 3.05) is 31.2 Å². The zero-order chi connectivity index (χ0) is 12.8. The highest BCUT2D eigenvalue weighted by atomic mass is 19.1. The number of carbonyl (C=O) groups excluding carboxylic acids is 1. The molecule has 0 aliphatic heterocycles. The molecule has 1 aromatic rings. The number of ether oxygens (including phenoxy) is 1. The van der Waals surface area contributed by atoms with Gasteiger partial charge in [0.1, 0.15) is 11.6 Å². The number of hydrogen-bond donors (Lipinski definition) is 4. The molecule has 0 saturated carbocycles. The van der Waals surface area contributed by atoms with E-state index in [1.165, 1.54) is 19.2 Å². The Labute approximate surface area is 98.1 Å². The molecule has 0 aromatic heterocycles. The van der Waals surface area contributed by atoms with Gasteiger partial charge in [0.15, 0.2) is 0 Å². The summed E-state index contributed by atoms with van der Waals surface area (Å²) in [7, 11) is 1.45. The molecular weight excluding hydrogens is 227 g/mol. The van der Waals surface area contributed by atoms with Crippen molar-refractivity contribution in [3.05, 3.63) is 17.9 Å².